The number of ether oxygens (including phenoxy) is 1. The molecule has 2 aliphatic rings. The number of nitrogens with one attached hydrogen (secondary N) is 1. The number of aromatic hydroxyl groups is 1. The third kappa shape index (κ3) is 4.04. The number of aliphatic hydroxyl groups is 3. The van der Waals surface area contributed by atoms with E-state index in [1.165, 1.54) is 6.92 Å². The lowest BCUT2D eigenvalue weighted by Gasteiger charge is -2.25. The quantitative estimate of drug-likeness (QED) is 0.330. The smallest absolute Gasteiger partial charge is 0.349 e. The highest BCUT2D eigenvalue weighted by atomic mass is 16.5. The Morgan fingerprint density at radius 1 is 1.23 bits per heavy atom. The fraction of sp³-hybridized carbons (Fsp3) is 0.500. The van der Waals surface area contributed by atoms with E-state index in [9.17, 15) is 34.8 Å². The Balaban J connectivity index is 2.35. The minimum absolute atomic E-state index is 0.0191. The van der Waals surface area contributed by atoms with E-state index < -0.39 is 54.6 Å². The van der Waals surface area contributed by atoms with Gasteiger partial charge >= 0.3 is 11.7 Å². The van der Waals surface area contributed by atoms with Crippen molar-refractivity contribution in [1.82, 2.24) is 19.5 Å². The largest absolute Gasteiger partial charge is 0.493 e. The van der Waals surface area contributed by atoms with Crippen molar-refractivity contribution >= 4 is 5.97 Å². The van der Waals surface area contributed by atoms with Crippen molar-refractivity contribution in [1.29, 1.82) is 0 Å². The van der Waals surface area contributed by atoms with Gasteiger partial charge in [0.2, 0.25) is 5.88 Å². The summed E-state index contributed by atoms with van der Waals surface area (Å²) < 4.78 is 5.46. The Hall–Kier alpha value is -2.83. The lowest BCUT2D eigenvalue weighted by molar-refractivity contribution is -0.149. The molecule has 12 nitrogen and oxygen atoms in total. The molecule has 0 aliphatic carbocycles. The number of H-pyrrole nitrogens is 1. The summed E-state index contributed by atoms with van der Waals surface area (Å²) in [5, 5.41) is 40.0. The molecule has 2 rings (SSSR count). The Labute approximate surface area is 145 Å². The second-order valence-corrected chi connectivity index (χ2v) is 5.60. The van der Waals surface area contributed by atoms with Gasteiger partial charge in [-0.3, -0.25) is 19.1 Å². The SMILES string of the molecule is CC(=O)OC[C@@H](O)[C@@H](O)[C@@H](O)Cn1c2nc(=O)[nH]c(=O)c-2nc(C)c1O. The first-order valence-corrected chi connectivity index (χ1v) is 7.49. The zero-order valence-electron chi connectivity index (χ0n) is 13.9. The van der Waals surface area contributed by atoms with E-state index >= 15 is 0 Å². The fourth-order valence-electron chi connectivity index (χ4n) is 2.26. The Kier molecular flexibility index (Phi) is 5.69. The summed E-state index contributed by atoms with van der Waals surface area (Å²) in [5.74, 6) is -1.47. The van der Waals surface area contributed by atoms with Crippen LogP contribution in [-0.2, 0) is 16.1 Å². The van der Waals surface area contributed by atoms with Gasteiger partial charge in [0.25, 0.3) is 5.56 Å². The zero-order chi connectivity index (χ0) is 19.6. The zero-order valence-corrected chi connectivity index (χ0v) is 13.9. The number of esters is 1. The van der Waals surface area contributed by atoms with E-state index in [4.69, 9.17) is 0 Å². The molecule has 2 heterocycles. The first-order chi connectivity index (χ1) is 12.1. The van der Waals surface area contributed by atoms with Crippen LogP contribution < -0.4 is 11.2 Å². The van der Waals surface area contributed by atoms with E-state index in [-0.39, 0.29) is 17.2 Å². The average molecular weight is 370 g/mol. The van der Waals surface area contributed by atoms with Crippen LogP contribution in [0.3, 0.4) is 0 Å². The Morgan fingerprint density at radius 3 is 2.50 bits per heavy atom. The summed E-state index contributed by atoms with van der Waals surface area (Å²) in [4.78, 5) is 43.3. The lowest BCUT2D eigenvalue weighted by atomic mass is 10.1. The van der Waals surface area contributed by atoms with Gasteiger partial charge in [0, 0.05) is 6.92 Å². The van der Waals surface area contributed by atoms with Crippen LogP contribution in [0.2, 0.25) is 0 Å². The molecule has 0 saturated carbocycles. The molecule has 0 radical (unpaired) electrons. The standard InChI is InChI=1S/C14H18N4O8/c1-5-13(24)18(11-9(15-5)12(23)17-14(25)16-11)3-7(20)10(22)8(21)4-26-6(2)19/h7-8,10,20-22,24H,3-4H2,1-2H3,(H,17,23,25)/t7-,8+,10-/m0/s1. The highest BCUT2D eigenvalue weighted by Gasteiger charge is 2.29. The molecule has 0 aromatic rings. The van der Waals surface area contributed by atoms with Crippen LogP contribution in [0.4, 0.5) is 0 Å². The number of hydrogen-bond acceptors (Lipinski definition) is 10. The molecule has 0 fully saturated rings. The van der Waals surface area contributed by atoms with Gasteiger partial charge in [-0.2, -0.15) is 4.98 Å². The lowest BCUT2D eigenvalue weighted by Crippen LogP contribution is -2.43. The first-order valence-electron chi connectivity index (χ1n) is 7.49. The van der Waals surface area contributed by atoms with Crippen LogP contribution in [0, 0.1) is 6.92 Å². The highest BCUT2D eigenvalue weighted by molar-refractivity contribution is 5.65. The molecule has 26 heavy (non-hydrogen) atoms. The number of carbonyl (C=O) groups is 1. The van der Waals surface area contributed by atoms with E-state index in [2.05, 4.69) is 14.7 Å². The summed E-state index contributed by atoms with van der Waals surface area (Å²) in [6.07, 6.45) is -5.01. The number of hydrogen-bond donors (Lipinski definition) is 5. The van der Waals surface area contributed by atoms with Gasteiger partial charge in [0.1, 0.15) is 24.9 Å². The minimum atomic E-state index is -1.75. The highest BCUT2D eigenvalue weighted by Crippen LogP contribution is 2.23. The molecule has 0 aromatic heterocycles. The number of nitrogens with zero attached hydrogens (tertiary/aromatic N) is 3. The molecule has 0 aromatic carbocycles. The predicted molar refractivity (Wildman–Crippen MR) is 84.6 cm³/mol. The van der Waals surface area contributed by atoms with Crippen molar-refractivity contribution in [3.05, 3.63) is 26.5 Å². The molecule has 142 valence electrons. The molecule has 0 amide bonds. The molecule has 0 unspecified atom stereocenters. The van der Waals surface area contributed by atoms with Gasteiger partial charge in [0.05, 0.1) is 12.2 Å². The van der Waals surface area contributed by atoms with Crippen molar-refractivity contribution in [3.8, 4) is 17.4 Å². The normalized spacial score (nSPS) is 14.8. The van der Waals surface area contributed by atoms with Crippen molar-refractivity contribution in [2.24, 2.45) is 0 Å². The summed E-state index contributed by atoms with van der Waals surface area (Å²) >= 11 is 0. The van der Waals surface area contributed by atoms with E-state index in [1.54, 1.807) is 0 Å². The number of aromatic amines is 1. The second-order valence-electron chi connectivity index (χ2n) is 5.60. The van der Waals surface area contributed by atoms with Crippen molar-refractivity contribution in [2.75, 3.05) is 6.61 Å². The van der Waals surface area contributed by atoms with Crippen molar-refractivity contribution < 1.29 is 30.0 Å². The topological polar surface area (TPSA) is 188 Å². The fourth-order valence-corrected chi connectivity index (χ4v) is 2.26. The molecule has 12 heteroatoms. The van der Waals surface area contributed by atoms with Gasteiger partial charge in [0.15, 0.2) is 11.5 Å². The van der Waals surface area contributed by atoms with Crippen molar-refractivity contribution in [2.45, 2.75) is 38.7 Å². The van der Waals surface area contributed by atoms with Crippen LogP contribution in [0.25, 0.3) is 11.5 Å². The molecule has 3 atom stereocenters. The third-order valence-corrected chi connectivity index (χ3v) is 3.58. The summed E-state index contributed by atoms with van der Waals surface area (Å²) in [7, 11) is 0. The maximum atomic E-state index is 11.8. The molecule has 5 N–H and O–H groups in total. The summed E-state index contributed by atoms with van der Waals surface area (Å²) in [6.45, 7) is 1.41. The number of rotatable bonds is 6. The summed E-state index contributed by atoms with van der Waals surface area (Å²) in [5.41, 5.74) is -2.04. The number of aromatic nitrogens is 4. The number of aryl methyl sites for hydroxylation is 1. The van der Waals surface area contributed by atoms with E-state index in [1.807, 2.05) is 4.98 Å². The maximum Gasteiger partial charge on any atom is 0.349 e. The van der Waals surface area contributed by atoms with Crippen LogP contribution in [0.5, 0.6) is 5.88 Å². The van der Waals surface area contributed by atoms with Gasteiger partial charge < -0.3 is 25.2 Å². The molecular formula is C14H18N4O8. The molecule has 0 saturated heterocycles. The molecule has 0 bridgehead atoms. The van der Waals surface area contributed by atoms with Gasteiger partial charge in [-0.15, -0.1) is 0 Å². The minimum Gasteiger partial charge on any atom is -0.493 e. The molecule has 0 spiro atoms. The van der Waals surface area contributed by atoms with Crippen LogP contribution in [0.15, 0.2) is 9.59 Å². The number of carbonyl (C=O) groups excluding carboxylic acids is 1. The monoisotopic (exact) mass is 370 g/mol. The Bertz CT molecular complexity index is 892. The van der Waals surface area contributed by atoms with Crippen LogP contribution in [0.1, 0.15) is 12.6 Å². The number of fused-ring (bicyclic) bond motifs is 1. The Morgan fingerprint density at radius 2 is 1.88 bits per heavy atom. The number of aliphatic hydroxyl groups excluding tert-OH is 3. The van der Waals surface area contributed by atoms with Gasteiger partial charge in [-0.1, -0.05) is 0 Å². The summed E-state index contributed by atoms with van der Waals surface area (Å²) in [6, 6.07) is 0. The van der Waals surface area contributed by atoms with Crippen LogP contribution in [-0.4, -0.2) is 70.8 Å². The third-order valence-electron chi connectivity index (χ3n) is 3.58. The van der Waals surface area contributed by atoms with Gasteiger partial charge in [-0.05, 0) is 6.92 Å². The maximum absolute atomic E-state index is 11.8. The predicted octanol–water partition coefficient (Wildman–Crippen LogP) is -2.91. The van der Waals surface area contributed by atoms with E-state index in [0.29, 0.717) is 0 Å². The van der Waals surface area contributed by atoms with Crippen molar-refractivity contribution in [3.63, 3.8) is 0 Å². The van der Waals surface area contributed by atoms with Gasteiger partial charge in [-0.25, -0.2) is 9.78 Å². The first kappa shape index (κ1) is 19.5. The average Bonchev–Trinajstić information content (AvgIpc) is 2.56. The van der Waals surface area contributed by atoms with E-state index in [0.717, 1.165) is 11.5 Å². The van der Waals surface area contributed by atoms with Crippen LogP contribution >= 0.6 is 0 Å². The molecule has 2 aliphatic heterocycles. The molecular weight excluding hydrogens is 352 g/mol. The second kappa shape index (κ2) is 7.59.